The highest BCUT2D eigenvalue weighted by atomic mass is 16.3. The lowest BCUT2D eigenvalue weighted by Gasteiger charge is -2.21. The Hall–Kier alpha value is -7.42. The van der Waals surface area contributed by atoms with Crippen molar-refractivity contribution < 1.29 is 4.42 Å². The van der Waals surface area contributed by atoms with Crippen molar-refractivity contribution in [1.82, 2.24) is 0 Å². The van der Waals surface area contributed by atoms with E-state index in [-0.39, 0.29) is 5.41 Å². The van der Waals surface area contributed by atoms with Gasteiger partial charge in [-0.3, -0.25) is 0 Å². The van der Waals surface area contributed by atoms with Gasteiger partial charge in [0, 0.05) is 21.9 Å². The molecule has 0 spiro atoms. The number of para-hydroxylation sites is 1. The van der Waals surface area contributed by atoms with Crippen LogP contribution in [-0.2, 0) is 5.41 Å². The van der Waals surface area contributed by atoms with Gasteiger partial charge in [-0.2, -0.15) is 0 Å². The first-order chi connectivity index (χ1) is 28.9. The summed E-state index contributed by atoms with van der Waals surface area (Å²) in [4.78, 5) is 0. The van der Waals surface area contributed by atoms with Crippen molar-refractivity contribution in [3.63, 3.8) is 0 Å². The molecule has 0 saturated carbocycles. The molecular weight excluding hydrogens is 715 g/mol. The molecular formula is C57H43NO. The highest BCUT2D eigenvalue weighted by Crippen LogP contribution is 2.49. The summed E-state index contributed by atoms with van der Waals surface area (Å²) in [7, 11) is 0. The third-order valence-electron chi connectivity index (χ3n) is 12.0. The van der Waals surface area contributed by atoms with E-state index in [1.807, 2.05) is 24.3 Å². The fourth-order valence-corrected chi connectivity index (χ4v) is 9.16. The maximum absolute atomic E-state index is 6.30. The molecule has 0 aliphatic heterocycles. The van der Waals surface area contributed by atoms with Crippen LogP contribution >= 0.6 is 0 Å². The molecule has 282 valence electrons. The van der Waals surface area contributed by atoms with E-state index in [0.29, 0.717) is 0 Å². The SMILES string of the molecule is C=C/C=c1\c(=C/c2ccc(-c3cc4oc5ccccc5c4cc3-c3ccccc3)cc2)c2ccccc2c2ccccc12.CC1(C)c2ccccc2-c2ccc(N)cc21. The highest BCUT2D eigenvalue weighted by Gasteiger charge is 2.34. The number of nitrogens with two attached hydrogens (primary N) is 1. The molecule has 1 aliphatic rings. The van der Waals surface area contributed by atoms with Crippen LogP contribution in [0.1, 0.15) is 30.5 Å². The van der Waals surface area contributed by atoms with E-state index in [9.17, 15) is 0 Å². The van der Waals surface area contributed by atoms with E-state index in [0.717, 1.165) is 44.3 Å². The third-order valence-corrected chi connectivity index (χ3v) is 12.0. The number of hydrogen-bond acceptors (Lipinski definition) is 2. The van der Waals surface area contributed by atoms with Gasteiger partial charge in [0.15, 0.2) is 0 Å². The summed E-state index contributed by atoms with van der Waals surface area (Å²) in [6.07, 6.45) is 6.31. The standard InChI is InChI=1S/C42H28O.C15H15N/c1-2-12-31-32-15-6-7-16-33(32)34-17-8-9-18-35(34)39(31)25-28-21-23-30(24-22-28)38-27-42-40(36-19-10-11-20-41(36)43-42)26-37(38)29-13-4-3-5-14-29;1-15(2)13-6-4-3-5-11(13)12-8-7-10(16)9-14(12)15/h2-27H,1H2;3-9H,16H2,1-2H3/b31-12-,39-25+;. The molecule has 0 amide bonds. The van der Waals surface area contributed by atoms with Crippen LogP contribution in [0.5, 0.6) is 0 Å². The van der Waals surface area contributed by atoms with E-state index in [1.54, 1.807) is 0 Å². The number of fused-ring (bicyclic) bond motifs is 9. The second kappa shape index (κ2) is 14.5. The smallest absolute Gasteiger partial charge is 0.136 e. The van der Waals surface area contributed by atoms with Crippen LogP contribution in [0.2, 0.25) is 0 Å². The largest absolute Gasteiger partial charge is 0.456 e. The first kappa shape index (κ1) is 36.0. The molecule has 2 heteroatoms. The predicted octanol–water partition coefficient (Wildman–Crippen LogP) is 13.6. The summed E-state index contributed by atoms with van der Waals surface area (Å²) < 4.78 is 6.30. The summed E-state index contributed by atoms with van der Waals surface area (Å²) in [6, 6.07) is 64.4. The van der Waals surface area contributed by atoms with Gasteiger partial charge in [-0.05, 0) is 118 Å². The van der Waals surface area contributed by atoms with E-state index < -0.39 is 0 Å². The predicted molar refractivity (Wildman–Crippen MR) is 252 cm³/mol. The zero-order valence-corrected chi connectivity index (χ0v) is 33.2. The molecule has 2 nitrogen and oxygen atoms in total. The lowest BCUT2D eigenvalue weighted by atomic mass is 9.82. The molecule has 2 N–H and O–H groups in total. The number of allylic oxidation sites excluding steroid dienone is 1. The average Bonchev–Trinajstić information content (AvgIpc) is 3.76. The van der Waals surface area contributed by atoms with Gasteiger partial charge in [-0.1, -0.05) is 184 Å². The van der Waals surface area contributed by atoms with Crippen LogP contribution in [0, 0.1) is 0 Å². The van der Waals surface area contributed by atoms with Gasteiger partial charge < -0.3 is 10.2 Å². The fourth-order valence-electron chi connectivity index (χ4n) is 9.16. The molecule has 11 rings (SSSR count). The summed E-state index contributed by atoms with van der Waals surface area (Å²) >= 11 is 0. The van der Waals surface area contributed by atoms with Gasteiger partial charge in [0.05, 0.1) is 0 Å². The molecule has 0 bridgehead atoms. The number of anilines is 1. The summed E-state index contributed by atoms with van der Waals surface area (Å²) in [5.41, 5.74) is 19.9. The Balaban J connectivity index is 0.000000219. The minimum atomic E-state index is 0.0707. The third kappa shape index (κ3) is 6.22. The van der Waals surface area contributed by atoms with Crippen molar-refractivity contribution in [2.75, 3.05) is 5.73 Å². The Morgan fingerprint density at radius 1 is 0.458 bits per heavy atom. The molecule has 1 heterocycles. The molecule has 1 aliphatic carbocycles. The van der Waals surface area contributed by atoms with E-state index in [1.165, 1.54) is 65.4 Å². The van der Waals surface area contributed by atoms with E-state index in [4.69, 9.17) is 10.2 Å². The van der Waals surface area contributed by atoms with Crippen LogP contribution in [0.4, 0.5) is 5.69 Å². The Labute approximate surface area is 344 Å². The van der Waals surface area contributed by atoms with Crippen molar-refractivity contribution in [2.45, 2.75) is 19.3 Å². The Bertz CT molecular complexity index is 3370. The van der Waals surface area contributed by atoms with Gasteiger partial charge in [0.1, 0.15) is 11.2 Å². The number of rotatable bonds is 4. The molecule has 9 aromatic carbocycles. The molecule has 0 atom stereocenters. The maximum Gasteiger partial charge on any atom is 0.136 e. The molecule has 10 aromatic rings. The Morgan fingerprint density at radius 2 is 1.03 bits per heavy atom. The zero-order chi connectivity index (χ0) is 40.1. The van der Waals surface area contributed by atoms with Crippen molar-refractivity contribution in [3.05, 3.63) is 222 Å². The summed E-state index contributed by atoms with van der Waals surface area (Å²) in [5.74, 6) is 0. The van der Waals surface area contributed by atoms with Crippen LogP contribution in [0.15, 0.2) is 199 Å². The van der Waals surface area contributed by atoms with E-state index >= 15 is 0 Å². The molecule has 0 fully saturated rings. The molecule has 59 heavy (non-hydrogen) atoms. The Morgan fingerprint density at radius 3 is 1.76 bits per heavy atom. The number of furan rings is 1. The van der Waals surface area contributed by atoms with E-state index in [2.05, 4.69) is 196 Å². The van der Waals surface area contributed by atoms with Crippen molar-refractivity contribution in [3.8, 4) is 33.4 Å². The molecule has 1 aromatic heterocycles. The zero-order valence-electron chi connectivity index (χ0n) is 33.2. The van der Waals surface area contributed by atoms with Crippen molar-refractivity contribution >= 4 is 61.3 Å². The topological polar surface area (TPSA) is 39.2 Å². The van der Waals surface area contributed by atoms with Crippen molar-refractivity contribution in [1.29, 1.82) is 0 Å². The first-order valence-electron chi connectivity index (χ1n) is 20.2. The normalized spacial score (nSPS) is 13.4. The second-order valence-corrected chi connectivity index (χ2v) is 15.9. The lowest BCUT2D eigenvalue weighted by Crippen LogP contribution is -2.26. The summed E-state index contributed by atoms with van der Waals surface area (Å²) in [6.45, 7) is 8.55. The second-order valence-electron chi connectivity index (χ2n) is 15.9. The van der Waals surface area contributed by atoms with Gasteiger partial charge in [-0.25, -0.2) is 0 Å². The number of hydrogen-bond donors (Lipinski definition) is 1. The molecule has 0 unspecified atom stereocenters. The van der Waals surface area contributed by atoms with Gasteiger partial charge in [0.2, 0.25) is 0 Å². The average molecular weight is 758 g/mol. The van der Waals surface area contributed by atoms with Crippen LogP contribution in [0.25, 0.3) is 89.0 Å². The fraction of sp³-hybridized carbons (Fsp3) is 0.0526. The number of nitrogen functional groups attached to an aromatic ring is 1. The quantitative estimate of drug-likeness (QED) is 0.143. The minimum Gasteiger partial charge on any atom is -0.456 e. The lowest BCUT2D eigenvalue weighted by molar-refractivity contribution is 0.660. The molecule has 0 radical (unpaired) electrons. The van der Waals surface area contributed by atoms with Crippen LogP contribution in [0.3, 0.4) is 0 Å². The van der Waals surface area contributed by atoms with Crippen LogP contribution in [-0.4, -0.2) is 0 Å². The first-order valence-corrected chi connectivity index (χ1v) is 20.2. The number of benzene rings is 9. The maximum atomic E-state index is 6.30. The van der Waals surface area contributed by atoms with Crippen molar-refractivity contribution in [2.24, 2.45) is 0 Å². The van der Waals surface area contributed by atoms with Gasteiger partial charge >= 0.3 is 0 Å². The van der Waals surface area contributed by atoms with Crippen LogP contribution < -0.4 is 16.2 Å². The monoisotopic (exact) mass is 757 g/mol. The Kier molecular flexibility index (Phi) is 8.84. The summed E-state index contributed by atoms with van der Waals surface area (Å²) in [5, 5.41) is 9.65. The highest BCUT2D eigenvalue weighted by molar-refractivity contribution is 6.10. The van der Waals surface area contributed by atoms with Gasteiger partial charge in [-0.15, -0.1) is 0 Å². The molecule has 0 saturated heterocycles. The minimum absolute atomic E-state index is 0.0707. The van der Waals surface area contributed by atoms with Gasteiger partial charge in [0.25, 0.3) is 0 Å².